The minimum atomic E-state index is -0.0913. The molecule has 0 spiro atoms. The smallest absolute Gasteiger partial charge is 0.128 e. The van der Waals surface area contributed by atoms with E-state index >= 15 is 0 Å². The highest BCUT2D eigenvalue weighted by Crippen LogP contribution is 2.24. The average molecular weight is 407 g/mol. The molecule has 1 aromatic rings. The zero-order valence-electron chi connectivity index (χ0n) is 10.2. The van der Waals surface area contributed by atoms with Crippen LogP contribution in [0.5, 0.6) is 0 Å². The van der Waals surface area contributed by atoms with E-state index in [2.05, 4.69) is 39.7 Å². The van der Waals surface area contributed by atoms with Crippen LogP contribution in [0.3, 0.4) is 0 Å². The predicted molar refractivity (Wildman–Crippen MR) is 86.5 cm³/mol. The first kappa shape index (κ1) is 18.4. The lowest BCUT2D eigenvalue weighted by Crippen LogP contribution is -2.44. The number of benzene rings is 1. The van der Waals surface area contributed by atoms with Crippen LogP contribution in [0.15, 0.2) is 18.2 Å². The number of nitrogens with one attached hydrogen (secondary N) is 1. The zero-order chi connectivity index (χ0) is 11.5. The monoisotopic (exact) mass is 406 g/mol. The highest BCUT2D eigenvalue weighted by molar-refractivity contribution is 14.1. The molecule has 0 aromatic heterocycles. The fourth-order valence-electron chi connectivity index (χ4n) is 2.10. The second-order valence-electron chi connectivity index (χ2n) is 4.13. The van der Waals surface area contributed by atoms with Crippen LogP contribution < -0.4 is 5.32 Å². The van der Waals surface area contributed by atoms with Crippen LogP contribution in [-0.4, -0.2) is 31.1 Å². The Hall–Kier alpha value is 0.380. The summed E-state index contributed by atoms with van der Waals surface area (Å²) in [5.41, 5.74) is 0.814. The van der Waals surface area contributed by atoms with E-state index in [1.165, 1.54) is 0 Å². The normalized spacial score (nSPS) is 17.5. The van der Waals surface area contributed by atoms with Gasteiger partial charge in [-0.2, -0.15) is 0 Å². The second kappa shape index (κ2) is 8.53. The standard InChI is InChI=1S/C12H16FIN2.2ClH/c1-9(16-6-4-15-5-7-16)11-8-10(14)2-3-12(11)13;;/h2-3,8-9,15H,4-7H2,1H3;2*1H/t9-;;/m0../s1. The lowest BCUT2D eigenvalue weighted by atomic mass is 10.1. The largest absolute Gasteiger partial charge is 0.314 e. The summed E-state index contributed by atoms with van der Waals surface area (Å²) < 4.78 is 14.8. The lowest BCUT2D eigenvalue weighted by molar-refractivity contribution is 0.182. The van der Waals surface area contributed by atoms with E-state index in [1.807, 2.05) is 12.1 Å². The average Bonchev–Trinajstić information content (AvgIpc) is 2.32. The molecule has 0 bridgehead atoms. The summed E-state index contributed by atoms with van der Waals surface area (Å²) in [6.07, 6.45) is 0. The van der Waals surface area contributed by atoms with Crippen LogP contribution in [0.2, 0.25) is 0 Å². The minimum absolute atomic E-state index is 0. The van der Waals surface area contributed by atoms with Gasteiger partial charge in [0.25, 0.3) is 0 Å². The molecule has 1 fully saturated rings. The number of piperazine rings is 1. The van der Waals surface area contributed by atoms with Crippen molar-refractivity contribution in [1.29, 1.82) is 0 Å². The lowest BCUT2D eigenvalue weighted by Gasteiger charge is -2.33. The van der Waals surface area contributed by atoms with Crippen molar-refractivity contribution in [2.45, 2.75) is 13.0 Å². The van der Waals surface area contributed by atoms with Crippen LogP contribution in [0.1, 0.15) is 18.5 Å². The highest BCUT2D eigenvalue weighted by Gasteiger charge is 2.20. The van der Waals surface area contributed by atoms with E-state index in [0.717, 1.165) is 35.3 Å². The summed E-state index contributed by atoms with van der Waals surface area (Å²) in [6.45, 7) is 6.06. The SMILES string of the molecule is C[C@@H](c1cc(I)ccc1F)N1CCNCC1.Cl.Cl. The first-order chi connectivity index (χ1) is 7.68. The van der Waals surface area contributed by atoms with Crippen LogP contribution in [0, 0.1) is 9.39 Å². The molecule has 1 aliphatic rings. The van der Waals surface area contributed by atoms with E-state index in [-0.39, 0.29) is 36.7 Å². The Morgan fingerprint density at radius 2 is 1.89 bits per heavy atom. The molecule has 1 aliphatic heterocycles. The molecule has 0 radical (unpaired) electrons. The number of rotatable bonds is 2. The van der Waals surface area contributed by atoms with Gasteiger partial charge in [0.1, 0.15) is 5.82 Å². The van der Waals surface area contributed by atoms with E-state index in [1.54, 1.807) is 6.07 Å². The van der Waals surface area contributed by atoms with Gasteiger partial charge in [-0.15, -0.1) is 24.8 Å². The van der Waals surface area contributed by atoms with E-state index in [4.69, 9.17) is 0 Å². The molecule has 1 heterocycles. The topological polar surface area (TPSA) is 15.3 Å². The molecule has 1 N–H and O–H groups in total. The molecular weight excluding hydrogens is 389 g/mol. The van der Waals surface area contributed by atoms with Gasteiger partial charge >= 0.3 is 0 Å². The van der Waals surface area contributed by atoms with Gasteiger partial charge in [-0.25, -0.2) is 4.39 Å². The van der Waals surface area contributed by atoms with Gasteiger partial charge in [0, 0.05) is 41.4 Å². The van der Waals surface area contributed by atoms with Crippen LogP contribution >= 0.6 is 47.4 Å². The van der Waals surface area contributed by atoms with Crippen molar-refractivity contribution in [2.24, 2.45) is 0 Å². The summed E-state index contributed by atoms with van der Waals surface area (Å²) >= 11 is 2.23. The van der Waals surface area contributed by atoms with Crippen molar-refractivity contribution < 1.29 is 4.39 Å². The molecule has 2 nitrogen and oxygen atoms in total. The van der Waals surface area contributed by atoms with Crippen molar-refractivity contribution in [3.8, 4) is 0 Å². The number of nitrogens with zero attached hydrogens (tertiary/aromatic N) is 1. The fraction of sp³-hybridized carbons (Fsp3) is 0.500. The number of hydrogen-bond acceptors (Lipinski definition) is 2. The minimum Gasteiger partial charge on any atom is -0.314 e. The molecule has 104 valence electrons. The molecule has 0 saturated carbocycles. The molecule has 0 amide bonds. The summed E-state index contributed by atoms with van der Waals surface area (Å²) in [6, 6.07) is 5.49. The Kier molecular flexibility index (Phi) is 8.71. The second-order valence-corrected chi connectivity index (χ2v) is 5.37. The Bertz CT molecular complexity index is 373. The van der Waals surface area contributed by atoms with Crippen molar-refractivity contribution in [3.05, 3.63) is 33.1 Å². The molecular formula is C12H18Cl2FIN2. The van der Waals surface area contributed by atoms with Crippen molar-refractivity contribution >= 4 is 47.4 Å². The molecule has 0 aliphatic carbocycles. The first-order valence-electron chi connectivity index (χ1n) is 5.58. The molecule has 6 heteroatoms. The van der Waals surface area contributed by atoms with Gasteiger partial charge in [-0.3, -0.25) is 4.90 Å². The van der Waals surface area contributed by atoms with Crippen molar-refractivity contribution in [1.82, 2.24) is 10.2 Å². The summed E-state index contributed by atoms with van der Waals surface area (Å²) in [7, 11) is 0. The number of hydrogen-bond donors (Lipinski definition) is 1. The molecule has 1 aromatic carbocycles. The Balaban J connectivity index is 0.00000144. The van der Waals surface area contributed by atoms with Gasteiger partial charge in [0.2, 0.25) is 0 Å². The van der Waals surface area contributed by atoms with E-state index in [9.17, 15) is 4.39 Å². The van der Waals surface area contributed by atoms with Crippen molar-refractivity contribution in [2.75, 3.05) is 26.2 Å². The molecule has 18 heavy (non-hydrogen) atoms. The predicted octanol–water partition coefficient (Wildman–Crippen LogP) is 3.24. The Morgan fingerprint density at radius 3 is 2.50 bits per heavy atom. The number of halogens is 4. The van der Waals surface area contributed by atoms with Crippen LogP contribution in [0.25, 0.3) is 0 Å². The maximum atomic E-state index is 13.7. The summed E-state index contributed by atoms with van der Waals surface area (Å²) in [5.74, 6) is -0.0913. The van der Waals surface area contributed by atoms with Gasteiger partial charge in [0.15, 0.2) is 0 Å². The summed E-state index contributed by atoms with van der Waals surface area (Å²) in [5, 5.41) is 3.31. The molecule has 2 rings (SSSR count). The van der Waals surface area contributed by atoms with Gasteiger partial charge in [-0.1, -0.05) is 0 Å². The third-order valence-corrected chi connectivity index (χ3v) is 3.78. The van der Waals surface area contributed by atoms with Gasteiger partial charge < -0.3 is 5.32 Å². The molecule has 1 atom stereocenters. The Morgan fingerprint density at radius 1 is 1.28 bits per heavy atom. The van der Waals surface area contributed by atoms with Crippen LogP contribution in [0.4, 0.5) is 4.39 Å². The molecule has 0 unspecified atom stereocenters. The fourth-order valence-corrected chi connectivity index (χ4v) is 2.62. The third-order valence-electron chi connectivity index (χ3n) is 3.11. The first-order valence-corrected chi connectivity index (χ1v) is 6.66. The third kappa shape index (κ3) is 4.49. The highest BCUT2D eigenvalue weighted by atomic mass is 127. The Labute approximate surface area is 134 Å². The van der Waals surface area contributed by atoms with E-state index in [0.29, 0.717) is 0 Å². The zero-order valence-corrected chi connectivity index (χ0v) is 13.9. The van der Waals surface area contributed by atoms with Gasteiger partial charge in [0.05, 0.1) is 0 Å². The maximum Gasteiger partial charge on any atom is 0.128 e. The summed E-state index contributed by atoms with van der Waals surface area (Å²) in [4.78, 5) is 2.32. The maximum absolute atomic E-state index is 13.7. The van der Waals surface area contributed by atoms with Crippen LogP contribution in [-0.2, 0) is 0 Å². The van der Waals surface area contributed by atoms with Gasteiger partial charge in [-0.05, 0) is 47.7 Å². The van der Waals surface area contributed by atoms with Crippen molar-refractivity contribution in [3.63, 3.8) is 0 Å². The quantitative estimate of drug-likeness (QED) is 0.758. The molecule has 1 saturated heterocycles. The van der Waals surface area contributed by atoms with E-state index < -0.39 is 0 Å².